The maximum absolute atomic E-state index is 5.82. The van der Waals surface area contributed by atoms with E-state index in [1.807, 2.05) is 0 Å². The van der Waals surface area contributed by atoms with E-state index in [0.29, 0.717) is 0 Å². The Kier molecular flexibility index (Phi) is 5.64. The lowest BCUT2D eigenvalue weighted by atomic mass is 10.1. The average molecular weight is 145 g/mol. The molecular weight excluding hydrogens is 126 g/mol. The van der Waals surface area contributed by atoms with E-state index in [2.05, 4.69) is 13.8 Å². The fourth-order valence-corrected chi connectivity index (χ4v) is 1.16. The zero-order valence-corrected chi connectivity index (χ0v) is 7.26. The van der Waals surface area contributed by atoms with Crippen molar-refractivity contribution in [2.75, 3.05) is 7.11 Å². The lowest BCUT2D eigenvalue weighted by Gasteiger charge is -2.20. The standard InChI is InChI=1S/C8H19NO/c1-4-6-7(9)8(5-2)10-3/h7-8H,4-6,9H2,1-3H3/t7-,8+/m1/s1. The number of hydrogen-bond donors (Lipinski definition) is 1. The van der Waals surface area contributed by atoms with Gasteiger partial charge < -0.3 is 10.5 Å². The molecule has 0 amide bonds. The zero-order valence-electron chi connectivity index (χ0n) is 7.26. The van der Waals surface area contributed by atoms with Crippen LogP contribution in [-0.4, -0.2) is 19.3 Å². The molecule has 0 bridgehead atoms. The Labute approximate surface area is 63.7 Å². The second-order valence-electron chi connectivity index (χ2n) is 2.63. The zero-order chi connectivity index (χ0) is 7.98. The first-order valence-corrected chi connectivity index (χ1v) is 4.04. The summed E-state index contributed by atoms with van der Waals surface area (Å²) in [6.07, 6.45) is 3.46. The van der Waals surface area contributed by atoms with Gasteiger partial charge in [-0.15, -0.1) is 0 Å². The minimum Gasteiger partial charge on any atom is -0.380 e. The smallest absolute Gasteiger partial charge is 0.0719 e. The SMILES string of the molecule is CCC[C@@H](N)[C@H](CC)OC. The van der Waals surface area contributed by atoms with Crippen molar-refractivity contribution in [3.63, 3.8) is 0 Å². The van der Waals surface area contributed by atoms with Crippen LogP contribution in [0.3, 0.4) is 0 Å². The van der Waals surface area contributed by atoms with Gasteiger partial charge in [0.15, 0.2) is 0 Å². The van der Waals surface area contributed by atoms with Gasteiger partial charge >= 0.3 is 0 Å². The minimum atomic E-state index is 0.222. The Morgan fingerprint density at radius 1 is 1.40 bits per heavy atom. The third-order valence-corrected chi connectivity index (χ3v) is 1.80. The molecule has 0 aliphatic carbocycles. The number of ether oxygens (including phenoxy) is 1. The maximum Gasteiger partial charge on any atom is 0.0719 e. The van der Waals surface area contributed by atoms with Crippen LogP contribution in [0.1, 0.15) is 33.1 Å². The highest BCUT2D eigenvalue weighted by molar-refractivity contribution is 4.70. The lowest BCUT2D eigenvalue weighted by molar-refractivity contribution is 0.0746. The van der Waals surface area contributed by atoms with E-state index in [9.17, 15) is 0 Å². The van der Waals surface area contributed by atoms with Crippen LogP contribution in [0.2, 0.25) is 0 Å². The summed E-state index contributed by atoms with van der Waals surface area (Å²) in [4.78, 5) is 0. The summed E-state index contributed by atoms with van der Waals surface area (Å²) in [5.41, 5.74) is 5.82. The molecule has 2 N–H and O–H groups in total. The predicted octanol–water partition coefficient (Wildman–Crippen LogP) is 1.54. The summed E-state index contributed by atoms with van der Waals surface area (Å²) in [6.45, 7) is 4.24. The van der Waals surface area contributed by atoms with Gasteiger partial charge in [-0.05, 0) is 12.8 Å². The molecule has 0 aliphatic rings. The van der Waals surface area contributed by atoms with E-state index in [0.717, 1.165) is 19.3 Å². The highest BCUT2D eigenvalue weighted by Crippen LogP contribution is 2.05. The summed E-state index contributed by atoms with van der Waals surface area (Å²) in [5.74, 6) is 0. The van der Waals surface area contributed by atoms with E-state index in [1.165, 1.54) is 0 Å². The number of rotatable bonds is 5. The van der Waals surface area contributed by atoms with Crippen LogP contribution in [-0.2, 0) is 4.74 Å². The molecule has 0 fully saturated rings. The van der Waals surface area contributed by atoms with Crippen molar-refractivity contribution >= 4 is 0 Å². The molecule has 0 saturated carbocycles. The highest BCUT2D eigenvalue weighted by atomic mass is 16.5. The molecule has 0 rings (SSSR count). The van der Waals surface area contributed by atoms with Crippen LogP contribution in [0.5, 0.6) is 0 Å². The van der Waals surface area contributed by atoms with E-state index in [1.54, 1.807) is 7.11 Å². The molecule has 10 heavy (non-hydrogen) atoms. The average Bonchev–Trinajstić information content (AvgIpc) is 1.91. The Balaban J connectivity index is 3.53. The predicted molar refractivity (Wildman–Crippen MR) is 44.0 cm³/mol. The quantitative estimate of drug-likeness (QED) is 0.637. The van der Waals surface area contributed by atoms with Crippen LogP contribution in [0.4, 0.5) is 0 Å². The van der Waals surface area contributed by atoms with Gasteiger partial charge in [-0.2, -0.15) is 0 Å². The van der Waals surface area contributed by atoms with Crippen molar-refractivity contribution in [1.82, 2.24) is 0 Å². The molecule has 2 atom stereocenters. The normalized spacial score (nSPS) is 16.8. The number of nitrogens with two attached hydrogens (primary N) is 1. The van der Waals surface area contributed by atoms with Gasteiger partial charge in [0.2, 0.25) is 0 Å². The van der Waals surface area contributed by atoms with E-state index >= 15 is 0 Å². The van der Waals surface area contributed by atoms with Crippen LogP contribution in [0.25, 0.3) is 0 Å². The van der Waals surface area contributed by atoms with Crippen molar-refractivity contribution in [3.8, 4) is 0 Å². The number of hydrogen-bond acceptors (Lipinski definition) is 2. The molecule has 0 spiro atoms. The third kappa shape index (κ3) is 3.18. The Bertz CT molecular complexity index is 71.7. The van der Waals surface area contributed by atoms with Gasteiger partial charge in [-0.1, -0.05) is 20.3 Å². The maximum atomic E-state index is 5.82. The van der Waals surface area contributed by atoms with Gasteiger partial charge in [-0.3, -0.25) is 0 Å². The van der Waals surface area contributed by atoms with Crippen LogP contribution in [0, 0.1) is 0 Å². The summed E-state index contributed by atoms with van der Waals surface area (Å²) in [6, 6.07) is 0.222. The van der Waals surface area contributed by atoms with E-state index < -0.39 is 0 Å². The first kappa shape index (κ1) is 9.92. The monoisotopic (exact) mass is 145 g/mol. The molecular formula is C8H19NO. The van der Waals surface area contributed by atoms with Gasteiger partial charge in [0, 0.05) is 13.2 Å². The highest BCUT2D eigenvalue weighted by Gasteiger charge is 2.12. The van der Waals surface area contributed by atoms with Crippen molar-refractivity contribution in [3.05, 3.63) is 0 Å². The van der Waals surface area contributed by atoms with Gasteiger partial charge in [0.1, 0.15) is 0 Å². The topological polar surface area (TPSA) is 35.2 Å². The molecule has 0 aromatic rings. The summed E-state index contributed by atoms with van der Waals surface area (Å²) in [7, 11) is 1.73. The minimum absolute atomic E-state index is 0.222. The largest absolute Gasteiger partial charge is 0.380 e. The molecule has 2 heteroatoms. The summed E-state index contributed by atoms with van der Waals surface area (Å²) >= 11 is 0. The Hall–Kier alpha value is -0.0800. The van der Waals surface area contributed by atoms with Gasteiger partial charge in [-0.25, -0.2) is 0 Å². The first-order valence-electron chi connectivity index (χ1n) is 4.04. The number of methoxy groups -OCH3 is 1. The van der Waals surface area contributed by atoms with Crippen molar-refractivity contribution in [2.24, 2.45) is 5.73 Å². The summed E-state index contributed by atoms with van der Waals surface area (Å²) < 4.78 is 5.19. The fourth-order valence-electron chi connectivity index (χ4n) is 1.16. The molecule has 0 unspecified atom stereocenters. The van der Waals surface area contributed by atoms with Crippen LogP contribution < -0.4 is 5.73 Å². The second-order valence-corrected chi connectivity index (χ2v) is 2.63. The first-order chi connectivity index (χ1) is 4.76. The van der Waals surface area contributed by atoms with E-state index in [4.69, 9.17) is 10.5 Å². The fraction of sp³-hybridized carbons (Fsp3) is 1.00. The van der Waals surface area contributed by atoms with Crippen molar-refractivity contribution in [2.45, 2.75) is 45.3 Å². The molecule has 0 aromatic carbocycles. The summed E-state index contributed by atoms with van der Waals surface area (Å²) in [5, 5.41) is 0. The molecule has 0 aromatic heterocycles. The molecule has 62 valence electrons. The molecule has 0 aliphatic heterocycles. The Morgan fingerprint density at radius 3 is 2.30 bits per heavy atom. The lowest BCUT2D eigenvalue weighted by Crippen LogP contribution is -2.35. The molecule has 0 radical (unpaired) electrons. The molecule has 0 saturated heterocycles. The van der Waals surface area contributed by atoms with Gasteiger partial charge in [0.25, 0.3) is 0 Å². The Morgan fingerprint density at radius 2 is 2.00 bits per heavy atom. The second kappa shape index (κ2) is 5.69. The third-order valence-electron chi connectivity index (χ3n) is 1.80. The van der Waals surface area contributed by atoms with Crippen LogP contribution in [0.15, 0.2) is 0 Å². The van der Waals surface area contributed by atoms with E-state index in [-0.39, 0.29) is 12.1 Å². The van der Waals surface area contributed by atoms with Crippen LogP contribution >= 0.6 is 0 Å². The van der Waals surface area contributed by atoms with Crippen molar-refractivity contribution in [1.29, 1.82) is 0 Å². The molecule has 2 nitrogen and oxygen atoms in total. The van der Waals surface area contributed by atoms with Crippen molar-refractivity contribution < 1.29 is 4.74 Å². The molecule has 0 heterocycles. The van der Waals surface area contributed by atoms with Gasteiger partial charge in [0.05, 0.1) is 6.10 Å².